The van der Waals surface area contributed by atoms with E-state index >= 15 is 0 Å². The van der Waals surface area contributed by atoms with Crippen LogP contribution >= 0.6 is 22.9 Å². The Kier molecular flexibility index (Phi) is 5.97. The highest BCUT2D eigenvalue weighted by atomic mass is 35.5. The molecular weight excluding hydrogens is 440 g/mol. The van der Waals surface area contributed by atoms with Crippen molar-refractivity contribution in [2.24, 2.45) is 0 Å². The number of benzene rings is 2. The maximum atomic E-state index is 12.9. The lowest BCUT2D eigenvalue weighted by Crippen LogP contribution is -2.40. The van der Waals surface area contributed by atoms with Crippen LogP contribution in [-0.4, -0.2) is 38.6 Å². The van der Waals surface area contributed by atoms with Crippen molar-refractivity contribution in [2.45, 2.75) is 17.4 Å². The Morgan fingerprint density at radius 3 is 2.70 bits per heavy atom. The number of anilines is 1. The molecule has 8 heteroatoms. The summed E-state index contributed by atoms with van der Waals surface area (Å²) in [5.41, 5.74) is 2.68. The Bertz CT molecular complexity index is 1180. The van der Waals surface area contributed by atoms with Crippen molar-refractivity contribution in [3.8, 4) is 0 Å². The first-order valence-electron chi connectivity index (χ1n) is 9.47. The average molecular weight is 461 g/mol. The van der Waals surface area contributed by atoms with Crippen molar-refractivity contribution < 1.29 is 13.2 Å². The second-order valence-electron chi connectivity index (χ2n) is 7.29. The molecule has 0 spiro atoms. The van der Waals surface area contributed by atoms with Crippen molar-refractivity contribution in [1.82, 2.24) is 4.90 Å². The molecule has 0 radical (unpaired) electrons. The summed E-state index contributed by atoms with van der Waals surface area (Å²) >= 11 is 7.94. The third kappa shape index (κ3) is 4.44. The maximum absolute atomic E-state index is 12.9. The summed E-state index contributed by atoms with van der Waals surface area (Å²) in [6, 6.07) is 16.6. The Balaban J connectivity index is 1.57. The summed E-state index contributed by atoms with van der Waals surface area (Å²) in [4.78, 5) is 16.5. The van der Waals surface area contributed by atoms with Crippen molar-refractivity contribution in [3.63, 3.8) is 0 Å². The Morgan fingerprint density at radius 2 is 1.97 bits per heavy atom. The number of hydrogen-bond donors (Lipinski definition) is 1. The van der Waals surface area contributed by atoms with Gasteiger partial charge in [0, 0.05) is 17.7 Å². The number of rotatable bonds is 5. The van der Waals surface area contributed by atoms with Crippen LogP contribution in [-0.2, 0) is 21.1 Å². The van der Waals surface area contributed by atoms with Crippen LogP contribution in [0.25, 0.3) is 0 Å². The number of carbonyl (C=O) groups excluding carboxylic acids is 1. The van der Waals surface area contributed by atoms with Gasteiger partial charge >= 0.3 is 0 Å². The smallest absolute Gasteiger partial charge is 0.238 e. The molecule has 2 aromatic carbocycles. The van der Waals surface area contributed by atoms with Crippen LogP contribution < -0.4 is 5.32 Å². The number of thiophene rings is 1. The second-order valence-corrected chi connectivity index (χ2v) is 10.7. The van der Waals surface area contributed by atoms with Gasteiger partial charge in [0.05, 0.1) is 28.2 Å². The van der Waals surface area contributed by atoms with E-state index in [1.165, 1.54) is 28.6 Å². The molecule has 5 nitrogen and oxygen atoms in total. The molecular formula is C22H21ClN2O3S2. The minimum absolute atomic E-state index is 0.00442. The molecule has 0 saturated carbocycles. The summed E-state index contributed by atoms with van der Waals surface area (Å²) in [5, 5.41) is 5.18. The molecule has 4 rings (SSSR count). The Labute approximate surface area is 185 Å². The van der Waals surface area contributed by atoms with Gasteiger partial charge in [0.1, 0.15) is 0 Å². The van der Waals surface area contributed by atoms with Crippen LogP contribution in [0.5, 0.6) is 0 Å². The number of halogens is 1. The highest BCUT2D eigenvalue weighted by Gasteiger charge is 2.30. The standard InChI is InChI=1S/C22H21ClN2O3S2/c1-30(27,28)16-7-8-18(23)19(13-16)24-21(26)14-25-11-9-20-17(10-12-29-20)22(25)15-5-3-2-4-6-15/h2-8,10,12-13,22H,9,11,14H2,1H3,(H,24,26)/t22-/m1/s1. The predicted octanol–water partition coefficient (Wildman–Crippen LogP) is 4.39. The van der Waals surface area contributed by atoms with Crippen molar-refractivity contribution in [3.05, 3.63) is 81.0 Å². The normalized spacial score (nSPS) is 16.8. The maximum Gasteiger partial charge on any atom is 0.238 e. The van der Waals surface area contributed by atoms with Crippen molar-refractivity contribution in [1.29, 1.82) is 0 Å². The van der Waals surface area contributed by atoms with E-state index in [2.05, 4.69) is 33.8 Å². The van der Waals surface area contributed by atoms with Gasteiger partial charge in [-0.25, -0.2) is 8.42 Å². The van der Waals surface area contributed by atoms with Gasteiger partial charge in [0.25, 0.3) is 0 Å². The minimum Gasteiger partial charge on any atom is -0.324 e. The van der Waals surface area contributed by atoms with E-state index in [4.69, 9.17) is 11.6 Å². The van der Waals surface area contributed by atoms with Gasteiger partial charge < -0.3 is 5.32 Å². The molecule has 1 aromatic heterocycles. The van der Waals surface area contributed by atoms with Gasteiger partial charge in [-0.1, -0.05) is 41.9 Å². The van der Waals surface area contributed by atoms with E-state index in [0.29, 0.717) is 10.7 Å². The molecule has 0 aliphatic carbocycles. The summed E-state index contributed by atoms with van der Waals surface area (Å²) in [5.74, 6) is -0.234. The molecule has 3 aromatic rings. The highest BCUT2D eigenvalue weighted by molar-refractivity contribution is 7.90. The number of nitrogens with zero attached hydrogens (tertiary/aromatic N) is 1. The number of amides is 1. The van der Waals surface area contributed by atoms with E-state index in [0.717, 1.165) is 24.8 Å². The minimum atomic E-state index is -3.40. The molecule has 0 fully saturated rings. The number of fused-ring (bicyclic) bond motifs is 1. The highest BCUT2D eigenvalue weighted by Crippen LogP contribution is 2.37. The van der Waals surface area contributed by atoms with Crippen LogP contribution in [0.15, 0.2) is 64.9 Å². The zero-order valence-corrected chi connectivity index (χ0v) is 18.7. The molecule has 1 aliphatic heterocycles. The lowest BCUT2D eigenvalue weighted by Gasteiger charge is -2.35. The summed E-state index contributed by atoms with van der Waals surface area (Å²) in [6.45, 7) is 0.936. The molecule has 1 atom stereocenters. The van der Waals surface area contributed by atoms with Crippen molar-refractivity contribution in [2.75, 3.05) is 24.7 Å². The molecule has 0 bridgehead atoms. The topological polar surface area (TPSA) is 66.5 Å². The molecule has 1 N–H and O–H groups in total. The molecule has 0 saturated heterocycles. The van der Waals surface area contributed by atoms with Gasteiger partial charge in [-0.15, -0.1) is 11.3 Å². The molecule has 1 amide bonds. The van der Waals surface area contributed by atoms with Crippen LogP contribution in [0, 0.1) is 0 Å². The fourth-order valence-electron chi connectivity index (χ4n) is 3.77. The van der Waals surface area contributed by atoms with E-state index in [9.17, 15) is 13.2 Å². The van der Waals surface area contributed by atoms with Gasteiger partial charge in [0.15, 0.2) is 9.84 Å². The number of carbonyl (C=O) groups is 1. The lowest BCUT2D eigenvalue weighted by molar-refractivity contribution is -0.117. The van der Waals surface area contributed by atoms with E-state index in [-0.39, 0.29) is 23.4 Å². The van der Waals surface area contributed by atoms with Gasteiger partial charge in [0.2, 0.25) is 5.91 Å². The van der Waals surface area contributed by atoms with Gasteiger partial charge in [-0.2, -0.15) is 0 Å². The molecule has 0 unspecified atom stereocenters. The first kappa shape index (κ1) is 21.1. The zero-order chi connectivity index (χ0) is 21.3. The first-order chi connectivity index (χ1) is 14.3. The van der Waals surface area contributed by atoms with E-state index < -0.39 is 9.84 Å². The predicted molar refractivity (Wildman–Crippen MR) is 121 cm³/mol. The number of hydrogen-bond acceptors (Lipinski definition) is 5. The van der Waals surface area contributed by atoms with Gasteiger partial charge in [-0.3, -0.25) is 9.69 Å². The zero-order valence-electron chi connectivity index (χ0n) is 16.3. The van der Waals surface area contributed by atoms with Crippen molar-refractivity contribution >= 4 is 44.4 Å². The fraction of sp³-hybridized carbons (Fsp3) is 0.227. The number of sulfone groups is 1. The summed E-state index contributed by atoms with van der Waals surface area (Å²) < 4.78 is 23.7. The Hall–Kier alpha value is -2.19. The Morgan fingerprint density at radius 1 is 1.20 bits per heavy atom. The van der Waals surface area contributed by atoms with E-state index in [1.807, 2.05) is 18.2 Å². The third-order valence-corrected chi connectivity index (χ3v) is 7.60. The first-order valence-corrected chi connectivity index (χ1v) is 12.6. The monoisotopic (exact) mass is 460 g/mol. The molecule has 30 heavy (non-hydrogen) atoms. The average Bonchev–Trinajstić information content (AvgIpc) is 3.18. The van der Waals surface area contributed by atoms with Crippen LogP contribution in [0.3, 0.4) is 0 Å². The largest absolute Gasteiger partial charge is 0.324 e. The van der Waals surface area contributed by atoms with Gasteiger partial charge in [-0.05, 0) is 47.2 Å². The molecule has 2 heterocycles. The van der Waals surface area contributed by atoms with E-state index in [1.54, 1.807) is 11.3 Å². The van der Waals surface area contributed by atoms with Crippen LogP contribution in [0.4, 0.5) is 5.69 Å². The molecule has 1 aliphatic rings. The summed E-state index contributed by atoms with van der Waals surface area (Å²) in [6.07, 6.45) is 2.02. The third-order valence-electron chi connectivity index (χ3n) is 5.17. The van der Waals surface area contributed by atoms with Crippen LogP contribution in [0.2, 0.25) is 5.02 Å². The fourth-order valence-corrected chi connectivity index (χ4v) is 5.49. The summed E-state index contributed by atoms with van der Waals surface area (Å²) in [7, 11) is -3.40. The second kappa shape index (κ2) is 8.51. The number of nitrogens with one attached hydrogen (secondary N) is 1. The van der Waals surface area contributed by atoms with Crippen LogP contribution in [0.1, 0.15) is 22.0 Å². The quantitative estimate of drug-likeness (QED) is 0.613. The molecule has 156 valence electrons. The SMILES string of the molecule is CS(=O)(=O)c1ccc(Cl)c(NC(=O)CN2CCc3sccc3[C@H]2c2ccccc2)c1. The lowest BCUT2D eigenvalue weighted by atomic mass is 9.93.